The number of nitrogens with zero attached hydrogens (tertiary/aromatic N) is 3. The van der Waals surface area contributed by atoms with Crippen molar-refractivity contribution in [2.45, 2.75) is 13.5 Å². The Kier molecular flexibility index (Phi) is 6.18. The number of rotatable bonds is 8. The van der Waals surface area contributed by atoms with Gasteiger partial charge in [-0.3, -0.25) is 9.48 Å². The molecule has 0 bridgehead atoms. The number of hydrogen-bond acceptors (Lipinski definition) is 7. The average molecular weight is 400 g/mol. The van der Waals surface area contributed by atoms with Crippen molar-refractivity contribution < 1.29 is 24.2 Å². The molecule has 0 fully saturated rings. The van der Waals surface area contributed by atoms with E-state index in [9.17, 15) is 14.7 Å². The Morgan fingerprint density at radius 3 is 2.76 bits per heavy atom. The monoisotopic (exact) mass is 400 g/mol. The Bertz CT molecular complexity index is 950. The van der Waals surface area contributed by atoms with Gasteiger partial charge in [-0.2, -0.15) is 5.10 Å². The number of esters is 1. The summed E-state index contributed by atoms with van der Waals surface area (Å²) >= 11 is 0. The molecule has 0 atom stereocenters. The number of para-hydroxylation sites is 2. The van der Waals surface area contributed by atoms with E-state index >= 15 is 0 Å². The second-order valence-electron chi connectivity index (χ2n) is 6.58. The van der Waals surface area contributed by atoms with Crippen molar-refractivity contribution in [1.82, 2.24) is 14.7 Å². The molecular formula is C20H24N4O5. The molecule has 29 heavy (non-hydrogen) atoms. The van der Waals surface area contributed by atoms with E-state index in [2.05, 4.69) is 10.4 Å². The van der Waals surface area contributed by atoms with E-state index in [1.165, 1.54) is 12.0 Å². The molecular weight excluding hydrogens is 376 g/mol. The number of aliphatic hydroxyl groups is 1. The van der Waals surface area contributed by atoms with Gasteiger partial charge in [-0.25, -0.2) is 4.79 Å². The molecule has 0 aliphatic carbocycles. The summed E-state index contributed by atoms with van der Waals surface area (Å²) in [5.41, 5.74) is 2.83. The summed E-state index contributed by atoms with van der Waals surface area (Å²) < 4.78 is 12.5. The van der Waals surface area contributed by atoms with Crippen LogP contribution in [0.1, 0.15) is 11.3 Å². The molecule has 9 nitrogen and oxygen atoms in total. The standard InChI is InChI=1S/C20H24N4O5/c1-13-14(10-21-23(13)2)12-29-17-7-5-4-6-16(17)22-18-15(20(27)28-3)11-24(8-9-25)19(18)26/h4-7,10,22,25H,8-9,11-12H2,1-3H3. The molecule has 2 heterocycles. The Labute approximate surface area is 168 Å². The van der Waals surface area contributed by atoms with Gasteiger partial charge in [-0.15, -0.1) is 0 Å². The van der Waals surface area contributed by atoms with E-state index in [0.29, 0.717) is 18.0 Å². The maximum absolute atomic E-state index is 12.7. The third-order valence-electron chi connectivity index (χ3n) is 4.82. The van der Waals surface area contributed by atoms with E-state index in [4.69, 9.17) is 9.47 Å². The van der Waals surface area contributed by atoms with Crippen molar-refractivity contribution in [3.63, 3.8) is 0 Å². The second kappa shape index (κ2) is 8.78. The zero-order chi connectivity index (χ0) is 21.0. The number of aromatic nitrogens is 2. The van der Waals surface area contributed by atoms with Gasteiger partial charge in [-0.05, 0) is 19.1 Å². The number of benzene rings is 1. The van der Waals surface area contributed by atoms with Gasteiger partial charge in [-0.1, -0.05) is 12.1 Å². The minimum absolute atomic E-state index is 0.0757. The molecule has 9 heteroatoms. The number of hydrogen-bond donors (Lipinski definition) is 2. The molecule has 154 valence electrons. The van der Waals surface area contributed by atoms with Crippen molar-refractivity contribution in [2.75, 3.05) is 32.1 Å². The van der Waals surface area contributed by atoms with Crippen molar-refractivity contribution >= 4 is 17.6 Å². The number of ether oxygens (including phenoxy) is 2. The third-order valence-corrected chi connectivity index (χ3v) is 4.82. The molecule has 0 spiro atoms. The molecule has 1 aromatic carbocycles. The molecule has 0 saturated carbocycles. The van der Waals surface area contributed by atoms with Crippen LogP contribution in [0.5, 0.6) is 5.75 Å². The normalized spacial score (nSPS) is 13.8. The zero-order valence-electron chi connectivity index (χ0n) is 16.6. The molecule has 1 amide bonds. The molecule has 1 aliphatic heterocycles. The first kappa shape index (κ1) is 20.4. The molecule has 1 aliphatic rings. The first-order valence-electron chi connectivity index (χ1n) is 9.14. The lowest BCUT2D eigenvalue weighted by Crippen LogP contribution is -2.31. The van der Waals surface area contributed by atoms with E-state index in [1.807, 2.05) is 20.0 Å². The fraction of sp³-hybridized carbons (Fsp3) is 0.350. The van der Waals surface area contributed by atoms with Crippen LogP contribution in [0.15, 0.2) is 41.7 Å². The first-order valence-corrected chi connectivity index (χ1v) is 9.14. The molecule has 0 radical (unpaired) electrons. The summed E-state index contributed by atoms with van der Waals surface area (Å²) in [6.45, 7) is 2.27. The quantitative estimate of drug-likeness (QED) is 0.636. The van der Waals surface area contributed by atoms with Crippen LogP contribution in [0.2, 0.25) is 0 Å². The zero-order valence-corrected chi connectivity index (χ0v) is 16.6. The van der Waals surface area contributed by atoms with Gasteiger partial charge in [0.2, 0.25) is 0 Å². The maximum atomic E-state index is 12.7. The fourth-order valence-corrected chi connectivity index (χ4v) is 3.02. The van der Waals surface area contributed by atoms with E-state index in [0.717, 1.165) is 11.3 Å². The van der Waals surface area contributed by atoms with Gasteiger partial charge in [0, 0.05) is 24.8 Å². The summed E-state index contributed by atoms with van der Waals surface area (Å²) in [6, 6.07) is 7.15. The SMILES string of the molecule is COC(=O)C1=C(Nc2ccccc2OCc2cnn(C)c2C)C(=O)N(CCO)C1. The molecule has 2 N–H and O–H groups in total. The van der Waals surface area contributed by atoms with Crippen LogP contribution < -0.4 is 10.1 Å². The number of aryl methyl sites for hydroxylation is 1. The Morgan fingerprint density at radius 2 is 2.10 bits per heavy atom. The van der Waals surface area contributed by atoms with Crippen LogP contribution in [0, 0.1) is 6.92 Å². The number of β-amino-alcohol motifs (C(OH)–C–C–N with tert-alkyl or cyclic N) is 1. The Balaban J connectivity index is 1.84. The number of carbonyl (C=O) groups is 2. The second-order valence-corrected chi connectivity index (χ2v) is 6.58. The lowest BCUT2D eigenvalue weighted by Gasteiger charge is -2.16. The predicted molar refractivity (Wildman–Crippen MR) is 105 cm³/mol. The van der Waals surface area contributed by atoms with Crippen LogP contribution in [0.25, 0.3) is 0 Å². The Morgan fingerprint density at radius 1 is 1.34 bits per heavy atom. The number of nitrogens with one attached hydrogen (secondary N) is 1. The smallest absolute Gasteiger partial charge is 0.337 e. The first-order chi connectivity index (χ1) is 14.0. The lowest BCUT2D eigenvalue weighted by molar-refractivity contribution is -0.136. The summed E-state index contributed by atoms with van der Waals surface area (Å²) in [5.74, 6) is -0.441. The van der Waals surface area contributed by atoms with Crippen molar-refractivity contribution in [3.05, 3.63) is 53.0 Å². The minimum Gasteiger partial charge on any atom is -0.487 e. The van der Waals surface area contributed by atoms with Crippen LogP contribution in [-0.2, 0) is 28.0 Å². The Hall–Kier alpha value is -3.33. The molecule has 1 aromatic heterocycles. The molecule has 3 rings (SSSR count). The van der Waals surface area contributed by atoms with Gasteiger partial charge >= 0.3 is 5.97 Å². The highest BCUT2D eigenvalue weighted by atomic mass is 16.5. The highest BCUT2D eigenvalue weighted by molar-refractivity contribution is 6.08. The highest BCUT2D eigenvalue weighted by Crippen LogP contribution is 2.29. The number of amides is 1. The van der Waals surface area contributed by atoms with Crippen molar-refractivity contribution in [3.8, 4) is 5.75 Å². The van der Waals surface area contributed by atoms with Gasteiger partial charge in [0.05, 0.1) is 37.7 Å². The largest absolute Gasteiger partial charge is 0.487 e. The number of anilines is 1. The van der Waals surface area contributed by atoms with Crippen LogP contribution in [0.4, 0.5) is 5.69 Å². The number of carbonyl (C=O) groups excluding carboxylic acids is 2. The van der Waals surface area contributed by atoms with Crippen molar-refractivity contribution in [1.29, 1.82) is 0 Å². The average Bonchev–Trinajstić information content (AvgIpc) is 3.21. The molecule has 2 aromatic rings. The summed E-state index contributed by atoms with van der Waals surface area (Å²) in [7, 11) is 3.12. The fourth-order valence-electron chi connectivity index (χ4n) is 3.02. The molecule has 0 saturated heterocycles. The number of aliphatic hydroxyl groups excluding tert-OH is 1. The van der Waals surface area contributed by atoms with Crippen LogP contribution in [0.3, 0.4) is 0 Å². The van der Waals surface area contributed by atoms with E-state index < -0.39 is 5.97 Å². The summed E-state index contributed by atoms with van der Waals surface area (Å²) in [6.07, 6.45) is 1.75. The highest BCUT2D eigenvalue weighted by Gasteiger charge is 2.34. The van der Waals surface area contributed by atoms with Crippen LogP contribution >= 0.6 is 0 Å². The van der Waals surface area contributed by atoms with E-state index in [-0.39, 0.29) is 36.9 Å². The van der Waals surface area contributed by atoms with Crippen molar-refractivity contribution in [2.24, 2.45) is 7.05 Å². The van der Waals surface area contributed by atoms with Gasteiger partial charge in [0.15, 0.2) is 0 Å². The van der Waals surface area contributed by atoms with Gasteiger partial charge in [0.1, 0.15) is 18.1 Å². The third kappa shape index (κ3) is 4.24. The maximum Gasteiger partial charge on any atom is 0.337 e. The van der Waals surface area contributed by atoms with Gasteiger partial charge in [0.25, 0.3) is 5.91 Å². The van der Waals surface area contributed by atoms with Crippen LogP contribution in [-0.4, -0.2) is 58.5 Å². The van der Waals surface area contributed by atoms with Gasteiger partial charge < -0.3 is 24.8 Å². The summed E-state index contributed by atoms with van der Waals surface area (Å²) in [4.78, 5) is 26.2. The topological polar surface area (TPSA) is 106 Å². The predicted octanol–water partition coefficient (Wildman–Crippen LogP) is 0.981. The lowest BCUT2D eigenvalue weighted by atomic mass is 10.2. The summed E-state index contributed by atoms with van der Waals surface area (Å²) in [5, 5.41) is 16.4. The molecule has 0 unspecified atom stereocenters. The minimum atomic E-state index is -0.592. The number of methoxy groups -OCH3 is 1. The van der Waals surface area contributed by atoms with E-state index in [1.54, 1.807) is 29.1 Å².